The van der Waals surface area contributed by atoms with Crippen molar-refractivity contribution in [3.8, 4) is 0 Å². The monoisotopic (exact) mass is 266 g/mol. The molecule has 0 aliphatic carbocycles. The SMILES string of the molecule is C=CCCCCCN1CCC(CNC(C)(C)C)CC1. The van der Waals surface area contributed by atoms with Crippen LogP contribution >= 0.6 is 0 Å². The Bertz CT molecular complexity index is 234. The summed E-state index contributed by atoms with van der Waals surface area (Å²) in [7, 11) is 0. The maximum atomic E-state index is 3.77. The molecule has 0 atom stereocenters. The molecule has 0 radical (unpaired) electrons. The Labute approximate surface area is 120 Å². The molecule has 0 unspecified atom stereocenters. The molecule has 1 fully saturated rings. The van der Waals surface area contributed by atoms with Crippen molar-refractivity contribution >= 4 is 0 Å². The molecule has 112 valence electrons. The van der Waals surface area contributed by atoms with E-state index in [9.17, 15) is 0 Å². The Morgan fingerprint density at radius 3 is 2.42 bits per heavy atom. The molecule has 2 nitrogen and oxygen atoms in total. The highest BCUT2D eigenvalue weighted by Gasteiger charge is 2.20. The van der Waals surface area contributed by atoms with Gasteiger partial charge < -0.3 is 10.2 Å². The van der Waals surface area contributed by atoms with Gasteiger partial charge in [-0.05, 0) is 85.0 Å². The number of nitrogens with zero attached hydrogens (tertiary/aromatic N) is 1. The largest absolute Gasteiger partial charge is 0.312 e. The molecule has 1 aliphatic rings. The van der Waals surface area contributed by atoms with Crippen LogP contribution in [0.3, 0.4) is 0 Å². The van der Waals surface area contributed by atoms with E-state index in [1.54, 1.807) is 0 Å². The van der Waals surface area contributed by atoms with Crippen LogP contribution in [0.5, 0.6) is 0 Å². The molecule has 0 aromatic rings. The van der Waals surface area contributed by atoms with Gasteiger partial charge in [0.15, 0.2) is 0 Å². The number of allylic oxidation sites excluding steroid dienone is 1. The molecule has 0 amide bonds. The number of rotatable bonds is 8. The van der Waals surface area contributed by atoms with Gasteiger partial charge in [-0.15, -0.1) is 6.58 Å². The predicted octanol–water partition coefficient (Wildman–Crippen LogP) is 3.83. The number of likely N-dealkylation sites (tertiary alicyclic amines) is 1. The molecular formula is C17H34N2. The number of hydrogen-bond acceptors (Lipinski definition) is 2. The minimum Gasteiger partial charge on any atom is -0.312 e. The third-order valence-electron chi connectivity index (χ3n) is 4.01. The van der Waals surface area contributed by atoms with Crippen LogP contribution in [0.25, 0.3) is 0 Å². The van der Waals surface area contributed by atoms with Gasteiger partial charge in [0.1, 0.15) is 0 Å². The maximum absolute atomic E-state index is 3.77. The summed E-state index contributed by atoms with van der Waals surface area (Å²) >= 11 is 0. The first-order valence-electron chi connectivity index (χ1n) is 8.09. The molecule has 0 spiro atoms. The van der Waals surface area contributed by atoms with E-state index in [1.165, 1.54) is 64.7 Å². The van der Waals surface area contributed by atoms with Crippen molar-refractivity contribution < 1.29 is 0 Å². The highest BCUT2D eigenvalue weighted by molar-refractivity contribution is 4.78. The summed E-state index contributed by atoms with van der Waals surface area (Å²) in [5.74, 6) is 0.885. The Hall–Kier alpha value is -0.340. The molecule has 19 heavy (non-hydrogen) atoms. The van der Waals surface area contributed by atoms with Gasteiger partial charge in [-0.3, -0.25) is 0 Å². The van der Waals surface area contributed by atoms with Crippen molar-refractivity contribution in [3.05, 3.63) is 12.7 Å². The first-order chi connectivity index (χ1) is 9.01. The summed E-state index contributed by atoms with van der Waals surface area (Å²) in [6.07, 6.45) is 9.99. The first kappa shape index (κ1) is 16.7. The van der Waals surface area contributed by atoms with Crippen LogP contribution in [-0.2, 0) is 0 Å². The fourth-order valence-electron chi connectivity index (χ4n) is 2.67. The molecule has 0 aromatic carbocycles. The lowest BCUT2D eigenvalue weighted by atomic mass is 9.95. The summed E-state index contributed by atoms with van der Waals surface area (Å²) in [5.41, 5.74) is 0.266. The van der Waals surface area contributed by atoms with Gasteiger partial charge >= 0.3 is 0 Å². The highest BCUT2D eigenvalue weighted by Crippen LogP contribution is 2.18. The van der Waals surface area contributed by atoms with Gasteiger partial charge in [-0.25, -0.2) is 0 Å². The molecule has 1 saturated heterocycles. The van der Waals surface area contributed by atoms with Crippen molar-refractivity contribution in [2.24, 2.45) is 5.92 Å². The van der Waals surface area contributed by atoms with Crippen molar-refractivity contribution in [2.75, 3.05) is 26.2 Å². The molecule has 0 bridgehead atoms. The summed E-state index contributed by atoms with van der Waals surface area (Å²) in [6.45, 7) is 15.6. The molecule has 1 rings (SSSR count). The molecule has 0 saturated carbocycles. The van der Waals surface area contributed by atoms with Crippen LogP contribution in [0.4, 0.5) is 0 Å². The number of unbranched alkanes of at least 4 members (excludes halogenated alkanes) is 3. The van der Waals surface area contributed by atoms with Crippen LogP contribution in [0, 0.1) is 5.92 Å². The Kier molecular flexibility index (Phi) is 7.70. The van der Waals surface area contributed by atoms with Crippen LogP contribution in [-0.4, -0.2) is 36.6 Å². The Morgan fingerprint density at radius 2 is 1.84 bits per heavy atom. The molecule has 1 aliphatic heterocycles. The minimum absolute atomic E-state index is 0.266. The van der Waals surface area contributed by atoms with E-state index in [0.717, 1.165) is 5.92 Å². The average molecular weight is 266 g/mol. The summed E-state index contributed by atoms with van der Waals surface area (Å²) < 4.78 is 0. The number of nitrogens with one attached hydrogen (secondary N) is 1. The molecular weight excluding hydrogens is 232 g/mol. The van der Waals surface area contributed by atoms with E-state index in [1.807, 2.05) is 6.08 Å². The van der Waals surface area contributed by atoms with Crippen LogP contribution in [0.15, 0.2) is 12.7 Å². The average Bonchev–Trinajstić information content (AvgIpc) is 2.37. The van der Waals surface area contributed by atoms with E-state index in [0.29, 0.717) is 0 Å². The molecule has 2 heteroatoms. The van der Waals surface area contributed by atoms with E-state index in [4.69, 9.17) is 0 Å². The van der Waals surface area contributed by atoms with Gasteiger partial charge in [0.05, 0.1) is 0 Å². The van der Waals surface area contributed by atoms with Crippen LogP contribution < -0.4 is 5.32 Å². The van der Waals surface area contributed by atoms with Crippen molar-refractivity contribution in [1.29, 1.82) is 0 Å². The first-order valence-corrected chi connectivity index (χ1v) is 8.09. The molecule has 1 N–H and O–H groups in total. The lowest BCUT2D eigenvalue weighted by Crippen LogP contribution is -2.43. The summed E-state index contributed by atoms with van der Waals surface area (Å²) in [5, 5.41) is 3.64. The number of hydrogen-bond donors (Lipinski definition) is 1. The van der Waals surface area contributed by atoms with Gasteiger partial charge in [0, 0.05) is 5.54 Å². The Morgan fingerprint density at radius 1 is 1.16 bits per heavy atom. The zero-order chi connectivity index (χ0) is 14.1. The van der Waals surface area contributed by atoms with Crippen molar-refractivity contribution in [3.63, 3.8) is 0 Å². The standard InChI is InChI=1S/C17H34N2/c1-5-6-7-8-9-12-19-13-10-16(11-14-19)15-18-17(2,3)4/h5,16,18H,1,6-15H2,2-4H3. The van der Waals surface area contributed by atoms with Crippen molar-refractivity contribution in [1.82, 2.24) is 10.2 Å². The van der Waals surface area contributed by atoms with Gasteiger partial charge in [-0.1, -0.05) is 12.5 Å². The molecule has 1 heterocycles. The van der Waals surface area contributed by atoms with Gasteiger partial charge in [-0.2, -0.15) is 0 Å². The zero-order valence-corrected chi connectivity index (χ0v) is 13.4. The fraction of sp³-hybridized carbons (Fsp3) is 0.882. The van der Waals surface area contributed by atoms with Crippen molar-refractivity contribution in [2.45, 2.75) is 64.8 Å². The highest BCUT2D eigenvalue weighted by atomic mass is 15.1. The maximum Gasteiger partial charge on any atom is 0.00966 e. The second-order valence-electron chi connectivity index (χ2n) is 7.05. The normalized spacial score (nSPS) is 18.7. The predicted molar refractivity (Wildman–Crippen MR) is 85.6 cm³/mol. The lowest BCUT2D eigenvalue weighted by Gasteiger charge is -2.33. The second kappa shape index (κ2) is 8.76. The van der Waals surface area contributed by atoms with Gasteiger partial charge in [0.25, 0.3) is 0 Å². The summed E-state index contributed by atoms with van der Waals surface area (Å²) in [4.78, 5) is 2.65. The third-order valence-corrected chi connectivity index (χ3v) is 4.01. The summed E-state index contributed by atoms with van der Waals surface area (Å²) in [6, 6.07) is 0. The lowest BCUT2D eigenvalue weighted by molar-refractivity contribution is 0.174. The zero-order valence-electron chi connectivity index (χ0n) is 13.4. The van der Waals surface area contributed by atoms with E-state index in [2.05, 4.69) is 37.6 Å². The minimum atomic E-state index is 0.266. The Balaban J connectivity index is 2.03. The van der Waals surface area contributed by atoms with Crippen LogP contribution in [0.1, 0.15) is 59.3 Å². The third kappa shape index (κ3) is 8.43. The fourth-order valence-corrected chi connectivity index (χ4v) is 2.67. The topological polar surface area (TPSA) is 15.3 Å². The van der Waals surface area contributed by atoms with Crippen LogP contribution in [0.2, 0.25) is 0 Å². The molecule has 0 aromatic heterocycles. The quantitative estimate of drug-likeness (QED) is 0.530. The number of piperidine rings is 1. The van der Waals surface area contributed by atoms with Gasteiger partial charge in [0.2, 0.25) is 0 Å². The van der Waals surface area contributed by atoms with E-state index >= 15 is 0 Å². The second-order valence-corrected chi connectivity index (χ2v) is 7.05. The van der Waals surface area contributed by atoms with E-state index < -0.39 is 0 Å². The smallest absolute Gasteiger partial charge is 0.00966 e. The van der Waals surface area contributed by atoms with E-state index in [-0.39, 0.29) is 5.54 Å².